The van der Waals surface area contributed by atoms with E-state index in [1.54, 1.807) is 0 Å². The van der Waals surface area contributed by atoms with Crippen LogP contribution in [-0.4, -0.2) is 96.7 Å². The van der Waals surface area contributed by atoms with Crippen LogP contribution in [0, 0.1) is 0 Å². The van der Waals surface area contributed by atoms with E-state index in [1.165, 1.54) is 38.5 Å². The molecule has 0 aliphatic rings. The van der Waals surface area contributed by atoms with Gasteiger partial charge in [0.05, 0.1) is 26.4 Å². The lowest BCUT2D eigenvalue weighted by atomic mass is 10.1. The van der Waals surface area contributed by atoms with Crippen LogP contribution >= 0.6 is 15.6 Å². The highest BCUT2D eigenvalue weighted by Gasteiger charge is 2.30. The van der Waals surface area contributed by atoms with Crippen LogP contribution in [0.5, 0.6) is 0 Å². The van der Waals surface area contributed by atoms with E-state index in [2.05, 4.69) is 113 Å². The number of aliphatic hydroxyl groups is 1. The molecule has 0 bridgehead atoms. The zero-order valence-electron chi connectivity index (χ0n) is 59.1. The molecule has 19 heteroatoms. The molecule has 94 heavy (non-hydrogen) atoms. The molecule has 0 amide bonds. The molecule has 0 saturated carbocycles. The average Bonchev–Trinajstić information content (AvgIpc) is 2.15. The first-order valence-electron chi connectivity index (χ1n) is 36.8. The number of phosphoric ester groups is 2. The maximum atomic E-state index is 13.0. The Balaban J connectivity index is 5.32. The molecular formula is C75H132O17P2. The number of ether oxygens (including phenoxy) is 4. The molecule has 0 fully saturated rings. The van der Waals surface area contributed by atoms with Crippen LogP contribution in [-0.2, 0) is 65.4 Å². The van der Waals surface area contributed by atoms with Crippen molar-refractivity contribution in [2.45, 2.75) is 329 Å². The van der Waals surface area contributed by atoms with Gasteiger partial charge in [0.2, 0.25) is 0 Å². The minimum absolute atomic E-state index is 0.0770. The van der Waals surface area contributed by atoms with E-state index < -0.39 is 97.5 Å². The van der Waals surface area contributed by atoms with Crippen LogP contribution in [0.4, 0.5) is 0 Å². The fourth-order valence-electron chi connectivity index (χ4n) is 9.66. The molecule has 0 aromatic carbocycles. The summed E-state index contributed by atoms with van der Waals surface area (Å²) in [5.74, 6) is -2.21. The van der Waals surface area contributed by atoms with Crippen molar-refractivity contribution in [3.63, 3.8) is 0 Å². The fourth-order valence-corrected chi connectivity index (χ4v) is 11.2. The Hall–Kier alpha value is -3.76. The number of carbonyl (C=O) groups is 4. The lowest BCUT2D eigenvalue weighted by molar-refractivity contribution is -0.161. The van der Waals surface area contributed by atoms with E-state index in [-0.39, 0.29) is 25.7 Å². The topological polar surface area (TPSA) is 237 Å². The molecule has 544 valence electrons. The first-order chi connectivity index (χ1) is 45.7. The van der Waals surface area contributed by atoms with Gasteiger partial charge >= 0.3 is 39.5 Å². The van der Waals surface area contributed by atoms with Gasteiger partial charge in [-0.15, -0.1) is 0 Å². The Bertz CT molecular complexity index is 2120. The number of esters is 4. The van der Waals surface area contributed by atoms with Crippen molar-refractivity contribution in [2.75, 3.05) is 39.6 Å². The average molecular weight is 1370 g/mol. The number of unbranched alkanes of at least 4 members (excludes halogenated alkanes) is 29. The molecule has 0 aliphatic carbocycles. The standard InChI is InChI=1S/C75H132O17P2/c1-5-9-13-17-21-25-29-32-33-34-35-38-41-44-48-52-56-60-73(78)86-66-71(92-75(80)62-58-54-50-46-42-37-31-27-23-19-15-11-7-3)68-90-94(83,84)88-64-69(76)63-87-93(81,82)89-67-70(91-74(79)61-57-53-49-45-39-28-24-20-16-12-8-4)65-85-72(77)59-55-51-47-43-40-36-30-26-22-18-14-10-6-2/h9,13,15,19-21,24-27,30-33,69-71,76H,5-8,10-12,14,16-18,22-23,28-29,34-68H2,1-4H3,(H,81,82)(H,83,84)/b13-9-,19-15-,24-20-,25-21-,30-26-,31-27-,33-32-. The summed E-state index contributed by atoms with van der Waals surface area (Å²) in [6.07, 6.45) is 67.3. The number of allylic oxidation sites excluding steroid dienone is 14. The normalized spacial score (nSPS) is 14.5. The molecule has 0 radical (unpaired) electrons. The van der Waals surface area contributed by atoms with Crippen molar-refractivity contribution in [2.24, 2.45) is 0 Å². The van der Waals surface area contributed by atoms with E-state index in [1.807, 2.05) is 0 Å². The summed E-state index contributed by atoms with van der Waals surface area (Å²) in [5.41, 5.74) is 0. The molecule has 0 aromatic rings. The minimum Gasteiger partial charge on any atom is -0.462 e. The van der Waals surface area contributed by atoms with Gasteiger partial charge in [0.25, 0.3) is 0 Å². The molecular weight excluding hydrogens is 1230 g/mol. The fraction of sp³-hybridized carbons (Fsp3) is 0.760. The second-order valence-corrected chi connectivity index (χ2v) is 27.4. The first kappa shape index (κ1) is 90.2. The van der Waals surface area contributed by atoms with Gasteiger partial charge in [-0.3, -0.25) is 37.3 Å². The summed E-state index contributed by atoms with van der Waals surface area (Å²) in [4.78, 5) is 72.6. The second kappa shape index (κ2) is 67.8. The highest BCUT2D eigenvalue weighted by molar-refractivity contribution is 7.47. The molecule has 0 heterocycles. The van der Waals surface area contributed by atoms with E-state index in [4.69, 9.17) is 37.0 Å². The van der Waals surface area contributed by atoms with E-state index in [0.29, 0.717) is 25.7 Å². The number of carbonyl (C=O) groups excluding carboxylic acids is 4. The van der Waals surface area contributed by atoms with Gasteiger partial charge in [0.15, 0.2) is 12.2 Å². The molecule has 0 saturated heterocycles. The summed E-state index contributed by atoms with van der Waals surface area (Å²) >= 11 is 0. The predicted octanol–water partition coefficient (Wildman–Crippen LogP) is 20.7. The van der Waals surface area contributed by atoms with Crippen molar-refractivity contribution in [3.05, 3.63) is 85.1 Å². The minimum atomic E-state index is -4.97. The van der Waals surface area contributed by atoms with Crippen molar-refractivity contribution < 1.29 is 80.2 Å². The van der Waals surface area contributed by atoms with Gasteiger partial charge < -0.3 is 33.8 Å². The molecule has 5 unspecified atom stereocenters. The van der Waals surface area contributed by atoms with Gasteiger partial charge in [-0.05, 0) is 128 Å². The predicted molar refractivity (Wildman–Crippen MR) is 381 cm³/mol. The third-order valence-electron chi connectivity index (χ3n) is 15.3. The Kier molecular flexibility index (Phi) is 65.1. The molecule has 5 atom stereocenters. The molecule has 17 nitrogen and oxygen atoms in total. The molecule has 0 aromatic heterocycles. The van der Waals surface area contributed by atoms with Crippen molar-refractivity contribution in [3.8, 4) is 0 Å². The zero-order valence-corrected chi connectivity index (χ0v) is 60.9. The second-order valence-electron chi connectivity index (χ2n) is 24.5. The number of phosphoric acid groups is 2. The van der Waals surface area contributed by atoms with Crippen molar-refractivity contribution >= 4 is 39.5 Å². The monoisotopic (exact) mass is 1370 g/mol. The van der Waals surface area contributed by atoms with Crippen LogP contribution in [0.15, 0.2) is 85.1 Å². The Morgan fingerprint density at radius 2 is 0.585 bits per heavy atom. The summed E-state index contributed by atoms with van der Waals surface area (Å²) in [5, 5.41) is 10.6. The van der Waals surface area contributed by atoms with Crippen molar-refractivity contribution in [1.82, 2.24) is 0 Å². The SMILES string of the molecule is CC/C=C\C/C=C\C/C=C\CCCCCCCCCC(=O)OCC(COP(=O)(O)OCC(O)COP(=O)(O)OCC(COC(=O)CCCCCCC/C=C\CCCCCC)OC(=O)CCCCCCC/C=C\CCCC)OC(=O)CCCCCCC/C=C\C/C=C\CCC. The number of rotatable bonds is 69. The van der Waals surface area contributed by atoms with E-state index in [9.17, 15) is 43.2 Å². The van der Waals surface area contributed by atoms with Crippen LogP contribution in [0.2, 0.25) is 0 Å². The highest BCUT2D eigenvalue weighted by atomic mass is 31.2. The zero-order chi connectivity index (χ0) is 69.0. The van der Waals surface area contributed by atoms with Crippen LogP contribution in [0.25, 0.3) is 0 Å². The van der Waals surface area contributed by atoms with Crippen LogP contribution in [0.1, 0.15) is 310 Å². The molecule has 0 spiro atoms. The molecule has 0 aliphatic heterocycles. The molecule has 3 N–H and O–H groups in total. The first-order valence-corrected chi connectivity index (χ1v) is 39.8. The van der Waals surface area contributed by atoms with E-state index in [0.717, 1.165) is 193 Å². The maximum absolute atomic E-state index is 13.0. The van der Waals surface area contributed by atoms with Gasteiger partial charge in [0, 0.05) is 25.7 Å². The maximum Gasteiger partial charge on any atom is 0.472 e. The smallest absolute Gasteiger partial charge is 0.462 e. The van der Waals surface area contributed by atoms with Crippen LogP contribution in [0.3, 0.4) is 0 Å². The summed E-state index contributed by atoms with van der Waals surface area (Å²) in [7, 11) is -9.94. The third kappa shape index (κ3) is 66.8. The van der Waals surface area contributed by atoms with Gasteiger partial charge in [-0.25, -0.2) is 9.13 Å². The largest absolute Gasteiger partial charge is 0.472 e. The Labute approximate surface area is 570 Å². The summed E-state index contributed by atoms with van der Waals surface area (Å²) < 4.78 is 68.3. The van der Waals surface area contributed by atoms with Gasteiger partial charge in [-0.1, -0.05) is 241 Å². The summed E-state index contributed by atoms with van der Waals surface area (Å²) in [6, 6.07) is 0. The number of aliphatic hydroxyl groups excluding tert-OH is 1. The third-order valence-corrected chi connectivity index (χ3v) is 17.2. The highest BCUT2D eigenvalue weighted by Crippen LogP contribution is 2.45. The van der Waals surface area contributed by atoms with Gasteiger partial charge in [-0.2, -0.15) is 0 Å². The number of hydrogen-bond donors (Lipinski definition) is 3. The lowest BCUT2D eigenvalue weighted by Gasteiger charge is -2.21. The van der Waals surface area contributed by atoms with E-state index >= 15 is 0 Å². The molecule has 0 rings (SSSR count). The summed E-state index contributed by atoms with van der Waals surface area (Å²) in [6.45, 7) is 4.61. The number of hydrogen-bond acceptors (Lipinski definition) is 15. The Morgan fingerprint density at radius 1 is 0.309 bits per heavy atom. The van der Waals surface area contributed by atoms with Gasteiger partial charge in [0.1, 0.15) is 19.3 Å². The van der Waals surface area contributed by atoms with Crippen molar-refractivity contribution in [1.29, 1.82) is 0 Å². The quantitative estimate of drug-likeness (QED) is 0.0169. The Morgan fingerprint density at radius 3 is 0.936 bits per heavy atom. The van der Waals surface area contributed by atoms with Crippen LogP contribution < -0.4 is 0 Å². The lowest BCUT2D eigenvalue weighted by Crippen LogP contribution is -2.30.